The van der Waals surface area contributed by atoms with Crippen LogP contribution in [0.25, 0.3) is 0 Å². The molecular formula is C21H25NO3. The van der Waals surface area contributed by atoms with Gasteiger partial charge in [0.25, 0.3) is 0 Å². The van der Waals surface area contributed by atoms with Gasteiger partial charge in [-0.25, -0.2) is 0 Å². The van der Waals surface area contributed by atoms with Crippen LogP contribution in [-0.2, 0) is 19.6 Å². The zero-order chi connectivity index (χ0) is 17.1. The molecule has 1 saturated heterocycles. The Morgan fingerprint density at radius 2 is 1.64 bits per heavy atom. The molecule has 4 nitrogen and oxygen atoms in total. The number of fused-ring (bicyclic) bond motifs is 1. The third-order valence-electron chi connectivity index (χ3n) is 5.11. The van der Waals surface area contributed by atoms with E-state index in [4.69, 9.17) is 14.6 Å². The Labute approximate surface area is 149 Å². The van der Waals surface area contributed by atoms with E-state index < -0.39 is 0 Å². The fourth-order valence-corrected chi connectivity index (χ4v) is 3.78. The molecule has 2 aliphatic rings. The lowest BCUT2D eigenvalue weighted by molar-refractivity contribution is 0.171. The summed E-state index contributed by atoms with van der Waals surface area (Å²) in [5, 5.41) is 9.14. The van der Waals surface area contributed by atoms with Crippen molar-refractivity contribution in [3.63, 3.8) is 0 Å². The Morgan fingerprint density at radius 3 is 2.44 bits per heavy atom. The van der Waals surface area contributed by atoms with Gasteiger partial charge in [0.1, 0.15) is 13.2 Å². The van der Waals surface area contributed by atoms with Crippen LogP contribution in [0.15, 0.2) is 42.5 Å². The lowest BCUT2D eigenvalue weighted by atomic mass is 9.98. The molecule has 1 atom stereocenters. The summed E-state index contributed by atoms with van der Waals surface area (Å²) in [6.07, 6.45) is 2.36. The molecule has 2 heterocycles. The van der Waals surface area contributed by atoms with E-state index in [0.717, 1.165) is 43.1 Å². The van der Waals surface area contributed by atoms with Crippen molar-refractivity contribution in [2.24, 2.45) is 5.92 Å². The van der Waals surface area contributed by atoms with Crippen molar-refractivity contribution >= 4 is 0 Å². The van der Waals surface area contributed by atoms with Gasteiger partial charge in [0.15, 0.2) is 11.5 Å². The molecule has 0 aromatic heterocycles. The first-order valence-corrected chi connectivity index (χ1v) is 9.10. The first-order valence-electron chi connectivity index (χ1n) is 9.10. The van der Waals surface area contributed by atoms with Gasteiger partial charge in [-0.2, -0.15) is 0 Å². The molecule has 1 fully saturated rings. The molecule has 25 heavy (non-hydrogen) atoms. The predicted molar refractivity (Wildman–Crippen MR) is 96.9 cm³/mol. The second-order valence-electron chi connectivity index (χ2n) is 7.05. The number of hydrogen-bond acceptors (Lipinski definition) is 4. The van der Waals surface area contributed by atoms with E-state index in [-0.39, 0.29) is 6.61 Å². The lowest BCUT2D eigenvalue weighted by Gasteiger charge is -2.21. The molecule has 132 valence electrons. The van der Waals surface area contributed by atoms with Gasteiger partial charge in [-0.3, -0.25) is 4.90 Å². The summed E-state index contributed by atoms with van der Waals surface area (Å²) in [6, 6.07) is 14.6. The third kappa shape index (κ3) is 3.97. The van der Waals surface area contributed by atoms with E-state index in [1.807, 2.05) is 18.2 Å². The van der Waals surface area contributed by atoms with Gasteiger partial charge in [0.2, 0.25) is 0 Å². The van der Waals surface area contributed by atoms with Crippen LogP contribution >= 0.6 is 0 Å². The maximum absolute atomic E-state index is 9.14. The molecule has 0 bridgehead atoms. The second kappa shape index (κ2) is 7.46. The van der Waals surface area contributed by atoms with Gasteiger partial charge in [0.05, 0.1) is 6.61 Å². The van der Waals surface area contributed by atoms with Crippen LogP contribution in [0.5, 0.6) is 11.5 Å². The highest BCUT2D eigenvalue weighted by atomic mass is 16.6. The number of hydrogen-bond donors (Lipinski definition) is 1. The van der Waals surface area contributed by atoms with Gasteiger partial charge in [-0.05, 0) is 54.1 Å². The van der Waals surface area contributed by atoms with Crippen molar-refractivity contribution in [2.45, 2.75) is 26.0 Å². The normalized spacial score (nSPS) is 20.0. The largest absolute Gasteiger partial charge is 0.486 e. The maximum Gasteiger partial charge on any atom is 0.161 e. The molecule has 1 N–H and O–H groups in total. The molecule has 4 rings (SSSR count). The Hall–Kier alpha value is -2.04. The Kier molecular flexibility index (Phi) is 4.90. The summed E-state index contributed by atoms with van der Waals surface area (Å²) in [4.78, 5) is 2.53. The quantitative estimate of drug-likeness (QED) is 0.909. The minimum atomic E-state index is 0.118. The van der Waals surface area contributed by atoms with Crippen LogP contribution in [0.1, 0.15) is 23.1 Å². The van der Waals surface area contributed by atoms with Gasteiger partial charge < -0.3 is 14.6 Å². The van der Waals surface area contributed by atoms with Crippen molar-refractivity contribution < 1.29 is 14.6 Å². The summed E-state index contributed by atoms with van der Waals surface area (Å²) >= 11 is 0. The molecule has 2 aromatic rings. The molecule has 2 aliphatic heterocycles. The molecular weight excluding hydrogens is 314 g/mol. The highest BCUT2D eigenvalue weighted by Crippen LogP contribution is 2.32. The average Bonchev–Trinajstić information content (AvgIpc) is 3.09. The van der Waals surface area contributed by atoms with Crippen molar-refractivity contribution in [1.29, 1.82) is 0 Å². The van der Waals surface area contributed by atoms with Crippen molar-refractivity contribution in [1.82, 2.24) is 4.90 Å². The van der Waals surface area contributed by atoms with Crippen molar-refractivity contribution in [3.05, 3.63) is 59.2 Å². The molecule has 0 aliphatic carbocycles. The molecule has 0 spiro atoms. The number of rotatable bonds is 5. The number of aliphatic hydroxyl groups is 1. The number of likely N-dealkylation sites (tertiary alicyclic amines) is 1. The minimum Gasteiger partial charge on any atom is -0.486 e. The SMILES string of the molecule is OCc1ccc(C[C@H]2CCN(Cc3ccc4c(c3)OCCO4)C2)cc1. The number of aliphatic hydroxyl groups excluding tert-OH is 1. The van der Waals surface area contributed by atoms with E-state index in [2.05, 4.69) is 29.2 Å². The number of nitrogens with zero attached hydrogens (tertiary/aromatic N) is 1. The lowest BCUT2D eigenvalue weighted by Crippen LogP contribution is -2.21. The number of benzene rings is 2. The maximum atomic E-state index is 9.14. The minimum absolute atomic E-state index is 0.118. The van der Waals surface area contributed by atoms with Crippen LogP contribution in [-0.4, -0.2) is 36.3 Å². The summed E-state index contributed by atoms with van der Waals surface area (Å²) < 4.78 is 11.3. The summed E-state index contributed by atoms with van der Waals surface area (Å²) in [6.45, 7) is 4.64. The smallest absolute Gasteiger partial charge is 0.161 e. The monoisotopic (exact) mass is 339 g/mol. The highest BCUT2D eigenvalue weighted by molar-refractivity contribution is 5.43. The molecule has 2 aromatic carbocycles. The molecule has 4 heteroatoms. The summed E-state index contributed by atoms with van der Waals surface area (Å²) in [5.74, 6) is 2.45. The van der Waals surface area contributed by atoms with Crippen molar-refractivity contribution in [2.75, 3.05) is 26.3 Å². The zero-order valence-electron chi connectivity index (χ0n) is 14.5. The van der Waals surface area contributed by atoms with Crippen LogP contribution in [0.3, 0.4) is 0 Å². The predicted octanol–water partition coefficient (Wildman–Crippen LogP) is 3.01. The number of ether oxygens (including phenoxy) is 2. The Balaban J connectivity index is 1.33. The van der Waals surface area contributed by atoms with E-state index in [0.29, 0.717) is 19.1 Å². The average molecular weight is 339 g/mol. The highest BCUT2D eigenvalue weighted by Gasteiger charge is 2.23. The van der Waals surface area contributed by atoms with Crippen LogP contribution in [0, 0.1) is 5.92 Å². The molecule has 0 amide bonds. The standard InChI is InChI=1S/C21H25NO3/c23-15-17-3-1-16(2-4-17)11-19-7-8-22(14-19)13-18-5-6-20-21(12-18)25-10-9-24-20/h1-6,12,19,23H,7-11,13-15H2/t19-/m1/s1. The Morgan fingerprint density at radius 1 is 0.920 bits per heavy atom. The van der Waals surface area contributed by atoms with Gasteiger partial charge in [-0.15, -0.1) is 0 Å². The van der Waals surface area contributed by atoms with E-state index >= 15 is 0 Å². The second-order valence-corrected chi connectivity index (χ2v) is 7.05. The van der Waals surface area contributed by atoms with E-state index in [1.54, 1.807) is 0 Å². The Bertz CT molecular complexity index is 714. The molecule has 0 unspecified atom stereocenters. The first kappa shape index (κ1) is 16.4. The van der Waals surface area contributed by atoms with Crippen molar-refractivity contribution in [3.8, 4) is 11.5 Å². The fraction of sp³-hybridized carbons (Fsp3) is 0.429. The van der Waals surface area contributed by atoms with E-state index in [9.17, 15) is 0 Å². The van der Waals surface area contributed by atoms with Crippen LogP contribution < -0.4 is 9.47 Å². The van der Waals surface area contributed by atoms with Crippen LogP contribution in [0.4, 0.5) is 0 Å². The van der Waals surface area contributed by atoms with Crippen LogP contribution in [0.2, 0.25) is 0 Å². The van der Waals surface area contributed by atoms with Gasteiger partial charge in [0, 0.05) is 13.1 Å². The van der Waals surface area contributed by atoms with E-state index in [1.165, 1.54) is 17.5 Å². The van der Waals surface area contributed by atoms with Gasteiger partial charge in [-0.1, -0.05) is 30.3 Å². The summed E-state index contributed by atoms with van der Waals surface area (Å²) in [5.41, 5.74) is 3.64. The topological polar surface area (TPSA) is 41.9 Å². The zero-order valence-corrected chi connectivity index (χ0v) is 14.5. The molecule has 0 saturated carbocycles. The van der Waals surface area contributed by atoms with Gasteiger partial charge >= 0.3 is 0 Å². The fourth-order valence-electron chi connectivity index (χ4n) is 3.78. The first-order chi connectivity index (χ1) is 12.3. The summed E-state index contributed by atoms with van der Waals surface area (Å²) in [7, 11) is 0. The third-order valence-corrected chi connectivity index (χ3v) is 5.11. The molecule has 0 radical (unpaired) electrons.